The Morgan fingerprint density at radius 3 is 1.77 bits per heavy atom. The summed E-state index contributed by atoms with van der Waals surface area (Å²) in [5, 5.41) is 48.5. The predicted molar refractivity (Wildman–Crippen MR) is 108 cm³/mol. The molecule has 9 nitrogen and oxygen atoms in total. The van der Waals surface area contributed by atoms with Crippen molar-refractivity contribution in [1.29, 1.82) is 0 Å². The van der Waals surface area contributed by atoms with Crippen molar-refractivity contribution in [2.75, 3.05) is 26.2 Å². The van der Waals surface area contributed by atoms with Crippen molar-refractivity contribution in [2.24, 2.45) is 0 Å². The molecule has 0 aliphatic rings. The summed E-state index contributed by atoms with van der Waals surface area (Å²) in [6, 6.07) is 12.3. The summed E-state index contributed by atoms with van der Waals surface area (Å²) in [7, 11) is 0. The Labute approximate surface area is 174 Å². The molecule has 0 aliphatic heterocycles. The average molecular weight is 418 g/mol. The molecule has 0 radical (unpaired) electrons. The number of hydrogen-bond acceptors (Lipinski definition) is 7. The number of carbonyl (C=O) groups is 2. The molecule has 5 N–H and O–H groups in total. The van der Waals surface area contributed by atoms with Crippen LogP contribution in [0.4, 0.5) is 0 Å². The highest BCUT2D eigenvalue weighted by molar-refractivity contribution is 5.69. The maximum atomic E-state index is 11.4. The molecular formula is C21H26N2O7. The zero-order valence-electron chi connectivity index (χ0n) is 16.4. The van der Waals surface area contributed by atoms with E-state index in [1.165, 1.54) is 21.9 Å². The summed E-state index contributed by atoms with van der Waals surface area (Å²) in [5.74, 6) is -2.19. The Morgan fingerprint density at radius 1 is 0.800 bits per heavy atom. The number of carboxylic acids is 2. The summed E-state index contributed by atoms with van der Waals surface area (Å²) in [4.78, 5) is 25.7. The van der Waals surface area contributed by atoms with Crippen LogP contribution in [0.25, 0.3) is 0 Å². The molecule has 0 saturated heterocycles. The van der Waals surface area contributed by atoms with E-state index in [4.69, 9.17) is 0 Å². The van der Waals surface area contributed by atoms with Crippen LogP contribution >= 0.6 is 0 Å². The van der Waals surface area contributed by atoms with Gasteiger partial charge in [0.1, 0.15) is 11.5 Å². The van der Waals surface area contributed by atoms with Crippen LogP contribution in [0.5, 0.6) is 11.5 Å². The van der Waals surface area contributed by atoms with Crippen molar-refractivity contribution < 1.29 is 35.1 Å². The number of phenols is 2. The molecule has 2 aromatic rings. The molecule has 30 heavy (non-hydrogen) atoms. The molecule has 9 heteroatoms. The van der Waals surface area contributed by atoms with Gasteiger partial charge in [-0.1, -0.05) is 36.4 Å². The minimum absolute atomic E-state index is 0.00109. The molecule has 0 saturated carbocycles. The van der Waals surface area contributed by atoms with Gasteiger partial charge in [0.15, 0.2) is 0 Å². The monoisotopic (exact) mass is 418 g/mol. The number of phenolic OH excluding ortho intramolecular Hbond substituents is 2. The van der Waals surface area contributed by atoms with Gasteiger partial charge in [-0.2, -0.15) is 0 Å². The van der Waals surface area contributed by atoms with E-state index >= 15 is 0 Å². The van der Waals surface area contributed by atoms with Crippen LogP contribution in [-0.2, 0) is 22.7 Å². The Kier molecular flexibility index (Phi) is 8.60. The van der Waals surface area contributed by atoms with E-state index in [0.29, 0.717) is 11.1 Å². The second-order valence-corrected chi connectivity index (χ2v) is 6.96. The van der Waals surface area contributed by atoms with Crippen molar-refractivity contribution in [3.05, 3.63) is 59.7 Å². The summed E-state index contributed by atoms with van der Waals surface area (Å²) >= 11 is 0. The van der Waals surface area contributed by atoms with Gasteiger partial charge in [0.2, 0.25) is 0 Å². The van der Waals surface area contributed by atoms with Crippen LogP contribution in [0.3, 0.4) is 0 Å². The summed E-state index contributed by atoms with van der Waals surface area (Å²) < 4.78 is 0. The van der Waals surface area contributed by atoms with Crippen molar-refractivity contribution in [3.8, 4) is 11.5 Å². The van der Waals surface area contributed by atoms with E-state index in [2.05, 4.69) is 0 Å². The van der Waals surface area contributed by atoms with Crippen molar-refractivity contribution >= 4 is 11.9 Å². The number of rotatable bonds is 12. The second kappa shape index (κ2) is 11.1. The topological polar surface area (TPSA) is 142 Å². The van der Waals surface area contributed by atoms with E-state index in [1.807, 2.05) is 0 Å². The zero-order chi connectivity index (χ0) is 22.1. The molecule has 2 aromatic carbocycles. The third-order valence-corrected chi connectivity index (χ3v) is 4.64. The first-order valence-corrected chi connectivity index (χ1v) is 9.34. The van der Waals surface area contributed by atoms with E-state index in [0.717, 1.165) is 0 Å². The Hall–Kier alpha value is -3.14. The quantitative estimate of drug-likeness (QED) is 0.340. The van der Waals surface area contributed by atoms with Gasteiger partial charge in [-0.05, 0) is 12.1 Å². The van der Waals surface area contributed by atoms with Crippen molar-refractivity contribution in [2.45, 2.75) is 19.1 Å². The number of para-hydroxylation sites is 2. The highest BCUT2D eigenvalue weighted by Gasteiger charge is 2.25. The number of hydrogen-bond donors (Lipinski definition) is 5. The standard InChI is InChI=1S/C21H26N2O7/c24-14-17(23(13-21(29)30)10-16-6-2-4-8-19(16)26)11-22(12-20(27)28)9-15-5-1-3-7-18(15)25/h1-8,17,24-26H,9-14H2,(H,27,28)(H,29,30). The van der Waals surface area contributed by atoms with Gasteiger partial charge in [0, 0.05) is 36.8 Å². The van der Waals surface area contributed by atoms with Crippen LogP contribution in [0.1, 0.15) is 11.1 Å². The Balaban J connectivity index is 2.23. The fourth-order valence-electron chi connectivity index (χ4n) is 3.20. The Bertz CT molecular complexity index is 859. The molecule has 0 heterocycles. The number of carboxylic acid groups (broad SMARTS) is 2. The van der Waals surface area contributed by atoms with Crippen LogP contribution in [-0.4, -0.2) is 79.6 Å². The second-order valence-electron chi connectivity index (χ2n) is 6.96. The minimum atomic E-state index is -1.12. The van der Waals surface area contributed by atoms with Gasteiger partial charge >= 0.3 is 11.9 Å². The SMILES string of the molecule is O=C(O)CN(Cc1ccccc1O)CC(CO)N(CC(=O)O)Cc1ccccc1O. The number of aromatic hydroxyl groups is 2. The number of aliphatic hydroxyl groups is 1. The fourth-order valence-corrected chi connectivity index (χ4v) is 3.20. The normalized spacial score (nSPS) is 12.2. The molecule has 0 bridgehead atoms. The van der Waals surface area contributed by atoms with Gasteiger partial charge in [-0.15, -0.1) is 0 Å². The van der Waals surface area contributed by atoms with Crippen LogP contribution in [0.2, 0.25) is 0 Å². The maximum Gasteiger partial charge on any atom is 0.317 e. The highest BCUT2D eigenvalue weighted by Crippen LogP contribution is 2.21. The van der Waals surface area contributed by atoms with Crippen LogP contribution < -0.4 is 0 Å². The lowest BCUT2D eigenvalue weighted by molar-refractivity contribution is -0.141. The number of aliphatic carboxylic acids is 2. The molecule has 0 spiro atoms. The van der Waals surface area contributed by atoms with Gasteiger partial charge in [0.05, 0.1) is 19.7 Å². The van der Waals surface area contributed by atoms with E-state index in [9.17, 15) is 35.1 Å². The van der Waals surface area contributed by atoms with E-state index in [-0.39, 0.29) is 37.7 Å². The summed E-state index contributed by atoms with van der Waals surface area (Å²) in [6.45, 7) is -0.982. The van der Waals surface area contributed by atoms with Gasteiger partial charge in [-0.3, -0.25) is 19.4 Å². The minimum Gasteiger partial charge on any atom is -0.508 e. The maximum absolute atomic E-state index is 11.4. The summed E-state index contributed by atoms with van der Waals surface area (Å²) in [6.07, 6.45) is 0. The number of aliphatic hydroxyl groups excluding tert-OH is 1. The third-order valence-electron chi connectivity index (χ3n) is 4.64. The van der Waals surface area contributed by atoms with Gasteiger partial charge in [-0.25, -0.2) is 0 Å². The zero-order valence-corrected chi connectivity index (χ0v) is 16.4. The highest BCUT2D eigenvalue weighted by atomic mass is 16.4. The lowest BCUT2D eigenvalue weighted by Crippen LogP contribution is -2.48. The first-order chi connectivity index (χ1) is 14.3. The lowest BCUT2D eigenvalue weighted by atomic mass is 10.1. The molecule has 1 atom stereocenters. The van der Waals surface area contributed by atoms with Gasteiger partial charge in [0.25, 0.3) is 0 Å². The smallest absolute Gasteiger partial charge is 0.317 e. The molecule has 0 fully saturated rings. The van der Waals surface area contributed by atoms with Gasteiger partial charge < -0.3 is 25.5 Å². The molecule has 0 amide bonds. The molecule has 162 valence electrons. The molecule has 0 aliphatic carbocycles. The van der Waals surface area contributed by atoms with E-state index in [1.54, 1.807) is 36.4 Å². The van der Waals surface area contributed by atoms with Crippen LogP contribution in [0, 0.1) is 0 Å². The largest absolute Gasteiger partial charge is 0.508 e. The average Bonchev–Trinajstić information content (AvgIpc) is 2.68. The Morgan fingerprint density at radius 2 is 1.30 bits per heavy atom. The summed E-state index contributed by atoms with van der Waals surface area (Å²) in [5.41, 5.74) is 1.00. The van der Waals surface area contributed by atoms with E-state index < -0.39 is 31.1 Å². The molecule has 2 rings (SSSR count). The lowest BCUT2D eigenvalue weighted by Gasteiger charge is -2.33. The first-order valence-electron chi connectivity index (χ1n) is 9.34. The first kappa shape index (κ1) is 23.1. The fraction of sp³-hybridized carbons (Fsp3) is 0.333. The predicted octanol–water partition coefficient (Wildman–Crippen LogP) is 0.932. The van der Waals surface area contributed by atoms with Crippen molar-refractivity contribution in [3.63, 3.8) is 0 Å². The number of benzene rings is 2. The number of nitrogens with zero attached hydrogens (tertiary/aromatic N) is 2. The van der Waals surface area contributed by atoms with Crippen LogP contribution in [0.15, 0.2) is 48.5 Å². The third kappa shape index (κ3) is 7.03. The molecular weight excluding hydrogens is 392 g/mol. The van der Waals surface area contributed by atoms with Crippen molar-refractivity contribution in [1.82, 2.24) is 9.80 Å². The molecule has 0 aromatic heterocycles. The molecule has 1 unspecified atom stereocenters.